The molecule has 0 spiro atoms. The van der Waals surface area contributed by atoms with Gasteiger partial charge in [0.25, 0.3) is 0 Å². The van der Waals surface area contributed by atoms with Crippen LogP contribution in [-0.4, -0.2) is 5.75 Å². The summed E-state index contributed by atoms with van der Waals surface area (Å²) in [6.07, 6.45) is 14.5. The molecule has 0 aromatic heterocycles. The zero-order valence-corrected chi connectivity index (χ0v) is 24.5. The maximum absolute atomic E-state index is 4.49. The molecule has 3 aromatic carbocycles. The van der Waals surface area contributed by atoms with E-state index in [4.69, 9.17) is 0 Å². The minimum atomic E-state index is 0.363. The van der Waals surface area contributed by atoms with Gasteiger partial charge in [0, 0.05) is 34.2 Å². The van der Waals surface area contributed by atoms with Crippen molar-refractivity contribution < 1.29 is 0 Å². The van der Waals surface area contributed by atoms with Gasteiger partial charge in [0.05, 0.1) is 0 Å². The fourth-order valence-corrected chi connectivity index (χ4v) is 6.41. The minimum Gasteiger partial charge on any atom is -0.317 e. The SMILES string of the molecule is C=C1/C=C\C(C)=C/N(c2ccc(C(=C)/C=C(\C)c3ccccc3)cc2)C2=C\1CSc1ccccc1C(CC)/C=C\2. The first kappa shape index (κ1) is 27.6. The molecular formula is C38H37NS. The van der Waals surface area contributed by atoms with Gasteiger partial charge in [0.15, 0.2) is 0 Å². The Balaban J connectivity index is 1.53. The largest absolute Gasteiger partial charge is 0.317 e. The van der Waals surface area contributed by atoms with Gasteiger partial charge in [-0.15, -0.1) is 11.8 Å². The van der Waals surface area contributed by atoms with E-state index in [2.05, 4.69) is 148 Å². The smallest absolute Gasteiger partial charge is 0.0498 e. The second-order valence-corrected chi connectivity index (χ2v) is 11.4. The molecule has 2 heteroatoms. The van der Waals surface area contributed by atoms with Gasteiger partial charge >= 0.3 is 0 Å². The number of hydrogen-bond acceptors (Lipinski definition) is 2. The first-order chi connectivity index (χ1) is 19.4. The van der Waals surface area contributed by atoms with Gasteiger partial charge < -0.3 is 4.90 Å². The lowest BCUT2D eigenvalue weighted by Crippen LogP contribution is -2.19. The molecule has 0 radical (unpaired) electrons. The van der Waals surface area contributed by atoms with E-state index in [1.807, 2.05) is 17.8 Å². The monoisotopic (exact) mass is 539 g/mol. The Morgan fingerprint density at radius 2 is 1.65 bits per heavy atom. The van der Waals surface area contributed by atoms with E-state index < -0.39 is 0 Å². The van der Waals surface area contributed by atoms with Crippen LogP contribution in [0.2, 0.25) is 0 Å². The second kappa shape index (κ2) is 12.4. The van der Waals surface area contributed by atoms with E-state index in [9.17, 15) is 0 Å². The zero-order chi connectivity index (χ0) is 28.1. The molecule has 0 bridgehead atoms. The topological polar surface area (TPSA) is 3.24 Å². The summed E-state index contributed by atoms with van der Waals surface area (Å²) >= 11 is 1.91. The molecule has 3 aromatic rings. The van der Waals surface area contributed by atoms with Crippen LogP contribution in [-0.2, 0) is 0 Å². The minimum absolute atomic E-state index is 0.363. The summed E-state index contributed by atoms with van der Waals surface area (Å²) in [5.74, 6) is 1.22. The van der Waals surface area contributed by atoms with Crippen LogP contribution in [0.15, 0.2) is 156 Å². The third kappa shape index (κ3) is 6.08. The van der Waals surface area contributed by atoms with Gasteiger partial charge in [-0.1, -0.05) is 105 Å². The molecular weight excluding hydrogens is 502 g/mol. The molecule has 5 rings (SSSR count). The van der Waals surface area contributed by atoms with E-state index in [0.717, 1.165) is 34.6 Å². The lowest BCUT2D eigenvalue weighted by atomic mass is 9.94. The lowest BCUT2D eigenvalue weighted by molar-refractivity contribution is 0.788. The van der Waals surface area contributed by atoms with Crippen molar-refractivity contribution in [1.29, 1.82) is 0 Å². The number of hydrogen-bond donors (Lipinski definition) is 0. The predicted molar refractivity (Wildman–Crippen MR) is 176 cm³/mol. The van der Waals surface area contributed by atoms with Crippen LogP contribution >= 0.6 is 11.8 Å². The van der Waals surface area contributed by atoms with Gasteiger partial charge in [0.2, 0.25) is 0 Å². The van der Waals surface area contributed by atoms with Crippen molar-refractivity contribution >= 4 is 28.6 Å². The summed E-state index contributed by atoms with van der Waals surface area (Å²) in [4.78, 5) is 3.68. The summed E-state index contributed by atoms with van der Waals surface area (Å²) in [6.45, 7) is 15.4. The molecule has 40 heavy (non-hydrogen) atoms. The van der Waals surface area contributed by atoms with Crippen LogP contribution in [0.4, 0.5) is 5.69 Å². The highest BCUT2D eigenvalue weighted by Gasteiger charge is 2.21. The number of rotatable bonds is 5. The zero-order valence-electron chi connectivity index (χ0n) is 23.7. The van der Waals surface area contributed by atoms with Crippen LogP contribution in [0.3, 0.4) is 0 Å². The standard InChI is InChI=1S/C38H37NS/c1-6-31-20-23-37-36(26-40-38-15-11-10-14-35(31)38)28(3)17-16-27(2)25-39(37)34-21-18-33(19-22-34)30(5)24-29(4)32-12-8-7-9-13-32/h7-25,31H,3,5-6,26H2,1-2,4H3/b17-16-,23-20-,27-25-,29-24+,37-36-. The van der Waals surface area contributed by atoms with Crippen LogP contribution in [0.1, 0.15) is 49.8 Å². The van der Waals surface area contributed by atoms with Gasteiger partial charge in [0.1, 0.15) is 0 Å². The Labute approximate surface area is 244 Å². The molecule has 0 saturated heterocycles. The predicted octanol–water partition coefficient (Wildman–Crippen LogP) is 10.7. The lowest BCUT2D eigenvalue weighted by Gasteiger charge is -2.28. The van der Waals surface area contributed by atoms with E-state index >= 15 is 0 Å². The van der Waals surface area contributed by atoms with Crippen LogP contribution in [0.5, 0.6) is 0 Å². The van der Waals surface area contributed by atoms with Crippen molar-refractivity contribution in [3.63, 3.8) is 0 Å². The summed E-state index contributed by atoms with van der Waals surface area (Å²) in [5, 5.41) is 0. The van der Waals surface area contributed by atoms with Gasteiger partial charge in [-0.25, -0.2) is 0 Å². The van der Waals surface area contributed by atoms with E-state index in [1.54, 1.807) is 0 Å². The number of fused-ring (bicyclic) bond motifs is 1. The number of allylic oxidation sites excluding steroid dienone is 9. The molecule has 0 saturated carbocycles. The van der Waals surface area contributed by atoms with Crippen molar-refractivity contribution in [2.45, 2.75) is 38.0 Å². The average Bonchev–Trinajstić information content (AvgIpc) is 3.06. The Morgan fingerprint density at radius 3 is 2.40 bits per heavy atom. The Kier molecular flexibility index (Phi) is 8.57. The van der Waals surface area contributed by atoms with Crippen LogP contribution < -0.4 is 4.90 Å². The molecule has 1 nitrogen and oxygen atoms in total. The van der Waals surface area contributed by atoms with Crippen molar-refractivity contribution in [2.75, 3.05) is 10.7 Å². The molecule has 0 N–H and O–H groups in total. The van der Waals surface area contributed by atoms with Crippen molar-refractivity contribution in [2.24, 2.45) is 0 Å². The maximum Gasteiger partial charge on any atom is 0.0498 e. The molecule has 1 atom stereocenters. The molecule has 2 aliphatic heterocycles. The number of thioether (sulfide) groups is 1. The van der Waals surface area contributed by atoms with Crippen molar-refractivity contribution in [3.8, 4) is 0 Å². The Hall–Kier alpha value is -4.01. The normalized spacial score (nSPS) is 22.3. The summed E-state index contributed by atoms with van der Waals surface area (Å²) in [7, 11) is 0. The highest BCUT2D eigenvalue weighted by atomic mass is 32.2. The van der Waals surface area contributed by atoms with E-state index in [1.165, 1.54) is 38.4 Å². The number of benzene rings is 3. The maximum atomic E-state index is 4.49. The quantitative estimate of drug-likeness (QED) is 0.297. The van der Waals surface area contributed by atoms with Crippen LogP contribution in [0.25, 0.3) is 11.1 Å². The van der Waals surface area contributed by atoms with E-state index in [-0.39, 0.29) is 0 Å². The summed E-state index contributed by atoms with van der Waals surface area (Å²) in [5.41, 5.74) is 11.7. The van der Waals surface area contributed by atoms with Crippen molar-refractivity contribution in [1.82, 2.24) is 0 Å². The first-order valence-corrected chi connectivity index (χ1v) is 14.9. The summed E-state index contributed by atoms with van der Waals surface area (Å²) < 4.78 is 0. The first-order valence-electron chi connectivity index (χ1n) is 14.0. The molecule has 2 heterocycles. The third-order valence-electron chi connectivity index (χ3n) is 7.59. The highest BCUT2D eigenvalue weighted by Crippen LogP contribution is 2.38. The van der Waals surface area contributed by atoms with Gasteiger partial charge in [-0.2, -0.15) is 0 Å². The Morgan fingerprint density at radius 1 is 0.925 bits per heavy atom. The van der Waals surface area contributed by atoms with E-state index in [0.29, 0.717) is 5.92 Å². The highest BCUT2D eigenvalue weighted by molar-refractivity contribution is 7.99. The van der Waals surface area contributed by atoms with Gasteiger partial charge in [-0.05, 0) is 89.1 Å². The summed E-state index contributed by atoms with van der Waals surface area (Å²) in [6, 6.07) is 28.1. The fraction of sp³-hybridized carbons (Fsp3) is 0.158. The van der Waals surface area contributed by atoms with Gasteiger partial charge in [-0.3, -0.25) is 0 Å². The van der Waals surface area contributed by atoms with Crippen molar-refractivity contribution in [3.05, 3.63) is 168 Å². The molecule has 0 fully saturated rings. The fourth-order valence-electron chi connectivity index (χ4n) is 5.22. The Bertz CT molecular complexity index is 1560. The third-order valence-corrected chi connectivity index (χ3v) is 8.71. The molecule has 2 aliphatic rings. The molecule has 0 aliphatic carbocycles. The second-order valence-electron chi connectivity index (χ2n) is 10.4. The molecule has 1 unspecified atom stereocenters. The average molecular weight is 540 g/mol. The number of nitrogens with zero attached hydrogens (tertiary/aromatic N) is 1. The van der Waals surface area contributed by atoms with Crippen LogP contribution in [0, 0.1) is 0 Å². The number of anilines is 1. The molecule has 0 amide bonds. The molecule has 200 valence electrons.